The van der Waals surface area contributed by atoms with E-state index in [1.807, 2.05) is 0 Å². The number of amides is 2. The Labute approximate surface area is 202 Å². The molecule has 35 heavy (non-hydrogen) atoms. The Morgan fingerprint density at radius 1 is 1.00 bits per heavy atom. The summed E-state index contributed by atoms with van der Waals surface area (Å²) in [5.74, 6) is 0.562. The Morgan fingerprint density at radius 3 is 2.31 bits per heavy atom. The molecule has 1 N–H and O–H groups in total. The molecule has 0 radical (unpaired) electrons. The average molecular weight is 521 g/mol. The van der Waals surface area contributed by atoms with Crippen LogP contribution < -0.4 is 14.8 Å². The first-order valence-corrected chi connectivity index (χ1v) is 13.8. The molecule has 0 fully saturated rings. The first kappa shape index (κ1) is 24.5. The summed E-state index contributed by atoms with van der Waals surface area (Å²) >= 11 is 0. The summed E-state index contributed by atoms with van der Waals surface area (Å²) < 4.78 is 73.2. The van der Waals surface area contributed by atoms with Crippen LogP contribution >= 0.6 is 0 Å². The highest BCUT2D eigenvalue weighted by molar-refractivity contribution is 8.04. The van der Waals surface area contributed by atoms with E-state index < -0.39 is 38.0 Å². The highest BCUT2D eigenvalue weighted by atomic mass is 32.3. The fraction of sp³-hybridized carbons (Fsp3) is 0.174. The van der Waals surface area contributed by atoms with Crippen molar-refractivity contribution in [3.63, 3.8) is 0 Å². The Kier molecular flexibility index (Phi) is 6.20. The number of urea groups is 1. The first-order chi connectivity index (χ1) is 16.4. The molecule has 3 aromatic rings. The average Bonchev–Trinajstić information content (AvgIpc) is 2.75. The van der Waals surface area contributed by atoms with E-state index in [-0.39, 0.29) is 9.40 Å². The molecule has 1 aliphatic rings. The summed E-state index contributed by atoms with van der Waals surface area (Å²) in [7, 11) is -7.33. The Hall–Kier alpha value is -3.64. The molecule has 1 unspecified atom stereocenters. The molecule has 1 heterocycles. The molecule has 4 rings (SSSR count). The van der Waals surface area contributed by atoms with Gasteiger partial charge in [0.25, 0.3) is 0 Å². The van der Waals surface area contributed by atoms with Gasteiger partial charge >= 0.3 is 6.03 Å². The predicted octanol–water partition coefficient (Wildman–Crippen LogP) is 3.74. The fourth-order valence-electron chi connectivity index (χ4n) is 3.95. The van der Waals surface area contributed by atoms with E-state index in [0.717, 1.165) is 0 Å². The number of benzene rings is 3. The molecule has 1 aliphatic heterocycles. The lowest BCUT2D eigenvalue weighted by Gasteiger charge is -2.30. The van der Waals surface area contributed by atoms with Gasteiger partial charge in [0, 0.05) is 11.3 Å². The summed E-state index contributed by atoms with van der Waals surface area (Å²) in [6.07, 6.45) is 0.438. The van der Waals surface area contributed by atoms with Crippen LogP contribution in [0, 0.1) is 5.82 Å². The van der Waals surface area contributed by atoms with E-state index in [0.29, 0.717) is 46.3 Å². The monoisotopic (exact) mass is 520 g/mol. The number of anilines is 1. The number of ether oxygens (including phenoxy) is 2. The van der Waals surface area contributed by atoms with Gasteiger partial charge in [-0.2, -0.15) is 0 Å². The van der Waals surface area contributed by atoms with Gasteiger partial charge in [-0.3, -0.25) is 0 Å². The standard InChI is InChI=1S/C23H21FN2O7S2/c1-32-19-8-5-9-20-21(19)17-11-10-16(25-23(27)26(34(2,28)29)35(3,30)31)13-18(17)22(33-20)14-6-4-7-15(24)12-14/h4-13,22H,1-3H3,(H,25,27). The van der Waals surface area contributed by atoms with Crippen LogP contribution in [-0.4, -0.2) is 46.2 Å². The number of carbonyl (C=O) groups is 1. The molecule has 0 spiro atoms. The van der Waals surface area contributed by atoms with Gasteiger partial charge in [-0.25, -0.2) is 26.0 Å². The molecule has 0 saturated heterocycles. The molecule has 2 amide bonds. The minimum atomic E-state index is -4.42. The van der Waals surface area contributed by atoms with Gasteiger partial charge in [0.15, 0.2) is 0 Å². The van der Waals surface area contributed by atoms with Crippen molar-refractivity contribution in [1.82, 2.24) is 3.71 Å². The van der Waals surface area contributed by atoms with Gasteiger partial charge in [0.05, 0.1) is 25.2 Å². The number of nitrogens with one attached hydrogen (secondary N) is 1. The summed E-state index contributed by atoms with van der Waals surface area (Å²) in [5.41, 5.74) is 2.45. The Balaban J connectivity index is 1.84. The number of methoxy groups -OCH3 is 1. The highest BCUT2D eigenvalue weighted by Crippen LogP contribution is 2.49. The number of hydrogen-bond acceptors (Lipinski definition) is 7. The van der Waals surface area contributed by atoms with Gasteiger partial charge in [-0.15, -0.1) is 3.71 Å². The first-order valence-electron chi connectivity index (χ1n) is 10.1. The van der Waals surface area contributed by atoms with Crippen LogP contribution in [0.5, 0.6) is 11.5 Å². The molecule has 0 saturated carbocycles. The topological polar surface area (TPSA) is 119 Å². The summed E-state index contributed by atoms with van der Waals surface area (Å²) in [5, 5.41) is 2.31. The molecule has 12 heteroatoms. The normalized spacial score (nSPS) is 14.8. The third-order valence-corrected chi connectivity index (χ3v) is 8.39. The van der Waals surface area contributed by atoms with Crippen LogP contribution in [0.4, 0.5) is 14.9 Å². The lowest BCUT2D eigenvalue weighted by Crippen LogP contribution is -2.43. The predicted molar refractivity (Wildman–Crippen MR) is 128 cm³/mol. The Morgan fingerprint density at radius 2 is 1.69 bits per heavy atom. The van der Waals surface area contributed by atoms with E-state index in [1.54, 1.807) is 30.3 Å². The molecular weight excluding hydrogens is 499 g/mol. The molecule has 1 atom stereocenters. The smallest absolute Gasteiger partial charge is 0.349 e. The van der Waals surface area contributed by atoms with Crippen LogP contribution in [0.2, 0.25) is 0 Å². The molecular formula is C23H21FN2O7S2. The second kappa shape index (κ2) is 8.86. The number of halogens is 1. The van der Waals surface area contributed by atoms with Gasteiger partial charge in [0.1, 0.15) is 23.4 Å². The van der Waals surface area contributed by atoms with Gasteiger partial charge in [-0.05, 0) is 47.5 Å². The maximum Gasteiger partial charge on any atom is 0.349 e. The lowest BCUT2D eigenvalue weighted by atomic mass is 9.88. The van der Waals surface area contributed by atoms with E-state index in [2.05, 4.69) is 5.32 Å². The Bertz CT molecular complexity index is 1510. The molecule has 9 nitrogen and oxygen atoms in total. The quantitative estimate of drug-likeness (QED) is 0.544. The maximum atomic E-state index is 14.0. The number of nitrogens with zero attached hydrogens (tertiary/aromatic N) is 1. The van der Waals surface area contributed by atoms with Crippen molar-refractivity contribution in [3.8, 4) is 22.6 Å². The van der Waals surface area contributed by atoms with Crippen molar-refractivity contribution in [2.45, 2.75) is 6.10 Å². The second-order valence-corrected chi connectivity index (χ2v) is 11.7. The van der Waals surface area contributed by atoms with E-state index in [4.69, 9.17) is 9.47 Å². The lowest BCUT2D eigenvalue weighted by molar-refractivity contribution is 0.241. The number of carbonyl (C=O) groups excluding carboxylic acids is 1. The zero-order valence-corrected chi connectivity index (χ0v) is 20.5. The third kappa shape index (κ3) is 4.80. The summed E-state index contributed by atoms with van der Waals surface area (Å²) in [6.45, 7) is 0. The number of sulfonamides is 2. The van der Waals surface area contributed by atoms with Gasteiger partial charge < -0.3 is 14.8 Å². The SMILES string of the molecule is COc1cccc2c1-c1ccc(NC(=O)N(S(C)(=O)=O)S(C)(=O)=O)cc1C(c1cccc(F)c1)O2. The van der Waals surface area contributed by atoms with Crippen LogP contribution in [0.3, 0.4) is 0 Å². The van der Waals surface area contributed by atoms with E-state index in [1.165, 1.54) is 37.4 Å². The second-order valence-electron chi connectivity index (χ2n) is 7.84. The number of rotatable bonds is 5. The number of hydrogen-bond donors (Lipinski definition) is 1. The highest BCUT2D eigenvalue weighted by Gasteiger charge is 2.34. The molecule has 0 bridgehead atoms. The summed E-state index contributed by atoms with van der Waals surface area (Å²) in [6, 6.07) is 14.4. The van der Waals surface area contributed by atoms with E-state index >= 15 is 0 Å². The minimum Gasteiger partial charge on any atom is -0.496 e. The molecule has 3 aromatic carbocycles. The molecule has 0 aliphatic carbocycles. The van der Waals surface area contributed by atoms with Gasteiger partial charge in [-0.1, -0.05) is 24.3 Å². The van der Waals surface area contributed by atoms with Crippen LogP contribution in [0.25, 0.3) is 11.1 Å². The fourth-order valence-corrected chi connectivity index (χ4v) is 6.62. The van der Waals surface area contributed by atoms with Crippen LogP contribution in [0.1, 0.15) is 17.2 Å². The van der Waals surface area contributed by atoms with Crippen molar-refractivity contribution in [2.75, 3.05) is 24.9 Å². The van der Waals surface area contributed by atoms with Crippen molar-refractivity contribution in [1.29, 1.82) is 0 Å². The van der Waals surface area contributed by atoms with Crippen molar-refractivity contribution >= 4 is 31.8 Å². The van der Waals surface area contributed by atoms with Crippen molar-refractivity contribution in [3.05, 3.63) is 77.6 Å². The zero-order chi connectivity index (χ0) is 25.5. The maximum absolute atomic E-state index is 14.0. The van der Waals surface area contributed by atoms with Crippen LogP contribution in [0.15, 0.2) is 60.7 Å². The van der Waals surface area contributed by atoms with E-state index in [9.17, 15) is 26.0 Å². The largest absolute Gasteiger partial charge is 0.496 e. The molecule has 0 aromatic heterocycles. The third-order valence-electron chi connectivity index (χ3n) is 5.23. The zero-order valence-electron chi connectivity index (χ0n) is 18.9. The van der Waals surface area contributed by atoms with Crippen molar-refractivity contribution < 1.29 is 35.5 Å². The summed E-state index contributed by atoms with van der Waals surface area (Å²) in [4.78, 5) is 12.6. The van der Waals surface area contributed by atoms with Gasteiger partial charge in [0.2, 0.25) is 20.0 Å². The van der Waals surface area contributed by atoms with Crippen LogP contribution in [-0.2, 0) is 20.0 Å². The molecule has 184 valence electrons. The van der Waals surface area contributed by atoms with Crippen molar-refractivity contribution in [2.24, 2.45) is 0 Å². The number of fused-ring (bicyclic) bond motifs is 3. The minimum absolute atomic E-state index is 0.106.